The second-order valence-electron chi connectivity index (χ2n) is 6.17. The molecule has 0 aromatic heterocycles. The maximum atomic E-state index is 12.3. The monoisotopic (exact) mass is 324 g/mol. The number of hydrogen-bond donors (Lipinski definition) is 1. The lowest BCUT2D eigenvalue weighted by molar-refractivity contribution is -0.132. The minimum absolute atomic E-state index is 0.0402. The molecule has 0 saturated carbocycles. The first-order valence-corrected chi connectivity index (χ1v) is 8.03. The van der Waals surface area contributed by atoms with Gasteiger partial charge in [0.05, 0.1) is 13.0 Å². The second-order valence-corrected chi connectivity index (χ2v) is 6.17. The number of amides is 2. The lowest BCUT2D eigenvalue weighted by Crippen LogP contribution is -2.36. The van der Waals surface area contributed by atoms with E-state index < -0.39 is 0 Å². The quantitative estimate of drug-likeness (QED) is 0.918. The summed E-state index contributed by atoms with van der Waals surface area (Å²) in [5.74, 6) is -0.256. The first-order valence-electron chi connectivity index (χ1n) is 8.03. The van der Waals surface area contributed by atoms with E-state index in [9.17, 15) is 9.59 Å². The Labute approximate surface area is 143 Å². The van der Waals surface area contributed by atoms with E-state index in [1.54, 1.807) is 7.05 Å². The molecule has 1 N–H and O–H groups in total. The van der Waals surface area contributed by atoms with Gasteiger partial charge in [0, 0.05) is 12.7 Å². The van der Waals surface area contributed by atoms with Gasteiger partial charge in [0.25, 0.3) is 0 Å². The van der Waals surface area contributed by atoms with Gasteiger partial charge in [-0.15, -0.1) is 0 Å². The number of rotatable bonds is 5. The number of nitrogens with zero attached hydrogens (tertiary/aromatic N) is 1. The zero-order valence-electron chi connectivity index (χ0n) is 14.7. The van der Waals surface area contributed by atoms with Crippen LogP contribution < -0.4 is 5.32 Å². The fourth-order valence-corrected chi connectivity index (χ4v) is 2.60. The Hall–Kier alpha value is -2.62. The van der Waals surface area contributed by atoms with Crippen LogP contribution in [-0.2, 0) is 16.0 Å². The third-order valence-electron chi connectivity index (χ3n) is 4.16. The number of anilines is 1. The molecule has 4 heteroatoms. The minimum Gasteiger partial charge on any atom is -0.336 e. The van der Waals surface area contributed by atoms with Crippen molar-refractivity contribution in [1.82, 2.24) is 4.90 Å². The smallest absolute Gasteiger partial charge is 0.243 e. The van der Waals surface area contributed by atoms with Crippen LogP contribution in [0.5, 0.6) is 0 Å². The molecule has 0 saturated heterocycles. The van der Waals surface area contributed by atoms with Gasteiger partial charge in [-0.3, -0.25) is 9.59 Å². The summed E-state index contributed by atoms with van der Waals surface area (Å²) in [4.78, 5) is 26.0. The summed E-state index contributed by atoms with van der Waals surface area (Å²) in [6.07, 6.45) is 0.305. The first kappa shape index (κ1) is 17.7. The van der Waals surface area contributed by atoms with Gasteiger partial charge in [-0.1, -0.05) is 42.5 Å². The summed E-state index contributed by atoms with van der Waals surface area (Å²) >= 11 is 0. The standard InChI is InChI=1S/C20H24N2O2/c1-14-8-5-6-11-17(14)12-19(24)22(4)13-18(23)21-20-15(2)9-7-10-16(20)3/h5-11H,12-13H2,1-4H3,(H,21,23). The average molecular weight is 324 g/mol. The van der Waals surface area contributed by atoms with Crippen LogP contribution in [0.2, 0.25) is 0 Å². The van der Waals surface area contributed by atoms with Gasteiger partial charge >= 0.3 is 0 Å². The SMILES string of the molecule is Cc1ccccc1CC(=O)N(C)CC(=O)Nc1c(C)cccc1C. The highest BCUT2D eigenvalue weighted by Gasteiger charge is 2.15. The zero-order valence-corrected chi connectivity index (χ0v) is 14.7. The van der Waals surface area contributed by atoms with Crippen molar-refractivity contribution >= 4 is 17.5 Å². The predicted octanol–water partition coefficient (Wildman–Crippen LogP) is 3.25. The predicted molar refractivity (Wildman–Crippen MR) is 97.1 cm³/mol. The van der Waals surface area contributed by atoms with Crippen molar-refractivity contribution in [2.45, 2.75) is 27.2 Å². The molecule has 0 unspecified atom stereocenters. The third kappa shape index (κ3) is 4.44. The third-order valence-corrected chi connectivity index (χ3v) is 4.16. The number of aryl methyl sites for hydroxylation is 3. The van der Waals surface area contributed by atoms with Crippen LogP contribution in [0.3, 0.4) is 0 Å². The fraction of sp³-hybridized carbons (Fsp3) is 0.300. The molecule has 24 heavy (non-hydrogen) atoms. The lowest BCUT2D eigenvalue weighted by Gasteiger charge is -2.18. The highest BCUT2D eigenvalue weighted by atomic mass is 16.2. The van der Waals surface area contributed by atoms with Gasteiger partial charge in [0.1, 0.15) is 0 Å². The van der Waals surface area contributed by atoms with Crippen molar-refractivity contribution in [2.24, 2.45) is 0 Å². The van der Waals surface area contributed by atoms with E-state index >= 15 is 0 Å². The van der Waals surface area contributed by atoms with Gasteiger partial charge in [-0.05, 0) is 43.0 Å². The Morgan fingerprint density at radius 1 is 0.917 bits per heavy atom. The van der Waals surface area contributed by atoms with Crippen molar-refractivity contribution < 1.29 is 9.59 Å². The number of carbonyl (C=O) groups excluding carboxylic acids is 2. The van der Waals surface area contributed by atoms with Crippen LogP contribution in [0.15, 0.2) is 42.5 Å². The van der Waals surface area contributed by atoms with Crippen LogP contribution in [0, 0.1) is 20.8 Å². The summed E-state index contributed by atoms with van der Waals surface area (Å²) in [6, 6.07) is 13.7. The summed E-state index contributed by atoms with van der Waals surface area (Å²) in [7, 11) is 1.66. The summed E-state index contributed by atoms with van der Waals surface area (Å²) in [5, 5.41) is 2.91. The van der Waals surface area contributed by atoms with E-state index in [-0.39, 0.29) is 18.4 Å². The average Bonchev–Trinajstić information content (AvgIpc) is 2.53. The van der Waals surface area contributed by atoms with Crippen molar-refractivity contribution in [3.05, 3.63) is 64.7 Å². The Kier molecular flexibility index (Phi) is 5.74. The van der Waals surface area contributed by atoms with Crippen LogP contribution in [-0.4, -0.2) is 30.3 Å². The molecule has 0 fully saturated rings. The van der Waals surface area contributed by atoms with E-state index in [1.807, 2.05) is 63.2 Å². The van der Waals surface area contributed by atoms with Crippen molar-refractivity contribution in [3.8, 4) is 0 Å². The summed E-state index contributed by atoms with van der Waals surface area (Å²) < 4.78 is 0. The minimum atomic E-state index is -0.187. The zero-order chi connectivity index (χ0) is 17.7. The van der Waals surface area contributed by atoms with Crippen LogP contribution in [0.25, 0.3) is 0 Å². The normalized spacial score (nSPS) is 10.3. The Bertz CT molecular complexity index is 733. The van der Waals surface area contributed by atoms with Crippen LogP contribution in [0.4, 0.5) is 5.69 Å². The fourth-order valence-electron chi connectivity index (χ4n) is 2.60. The van der Waals surface area contributed by atoms with Gasteiger partial charge in [-0.2, -0.15) is 0 Å². The molecule has 0 aliphatic carbocycles. The number of carbonyl (C=O) groups is 2. The Morgan fingerprint density at radius 2 is 1.50 bits per heavy atom. The Morgan fingerprint density at radius 3 is 2.12 bits per heavy atom. The van der Waals surface area contributed by atoms with Crippen molar-refractivity contribution in [2.75, 3.05) is 18.9 Å². The van der Waals surface area contributed by atoms with Gasteiger partial charge in [0.2, 0.25) is 11.8 Å². The molecule has 2 rings (SSSR count). The Balaban J connectivity index is 1.96. The van der Waals surface area contributed by atoms with Crippen LogP contribution in [0.1, 0.15) is 22.3 Å². The molecule has 2 aromatic rings. The van der Waals surface area contributed by atoms with E-state index in [2.05, 4.69) is 5.32 Å². The van der Waals surface area contributed by atoms with Crippen LogP contribution >= 0.6 is 0 Å². The van der Waals surface area contributed by atoms with E-state index in [4.69, 9.17) is 0 Å². The van der Waals surface area contributed by atoms with E-state index in [0.717, 1.165) is 27.9 Å². The maximum Gasteiger partial charge on any atom is 0.243 e. The molecule has 0 aliphatic heterocycles. The second kappa shape index (κ2) is 7.77. The molecule has 0 atom stereocenters. The van der Waals surface area contributed by atoms with Crippen molar-refractivity contribution in [1.29, 1.82) is 0 Å². The molecular weight excluding hydrogens is 300 g/mol. The number of para-hydroxylation sites is 1. The summed E-state index contributed by atoms with van der Waals surface area (Å²) in [6.45, 7) is 5.93. The molecule has 4 nitrogen and oxygen atoms in total. The molecule has 0 bridgehead atoms. The highest BCUT2D eigenvalue weighted by molar-refractivity contribution is 5.95. The van der Waals surface area contributed by atoms with Gasteiger partial charge in [-0.25, -0.2) is 0 Å². The largest absolute Gasteiger partial charge is 0.336 e. The van der Waals surface area contributed by atoms with E-state index in [1.165, 1.54) is 4.90 Å². The molecule has 126 valence electrons. The molecule has 2 amide bonds. The van der Waals surface area contributed by atoms with Crippen molar-refractivity contribution in [3.63, 3.8) is 0 Å². The molecule has 2 aromatic carbocycles. The number of likely N-dealkylation sites (N-methyl/N-ethyl adjacent to an activating group) is 1. The number of nitrogens with one attached hydrogen (secondary N) is 1. The highest BCUT2D eigenvalue weighted by Crippen LogP contribution is 2.19. The molecular formula is C20H24N2O2. The number of benzene rings is 2. The van der Waals surface area contributed by atoms with Gasteiger partial charge < -0.3 is 10.2 Å². The first-order chi connectivity index (χ1) is 11.4. The summed E-state index contributed by atoms with van der Waals surface area (Å²) in [5.41, 5.74) is 4.92. The number of hydrogen-bond acceptors (Lipinski definition) is 2. The lowest BCUT2D eigenvalue weighted by atomic mass is 10.1. The molecule has 0 spiro atoms. The van der Waals surface area contributed by atoms with Gasteiger partial charge in [0.15, 0.2) is 0 Å². The van der Waals surface area contributed by atoms with E-state index in [0.29, 0.717) is 6.42 Å². The topological polar surface area (TPSA) is 49.4 Å². The molecule has 0 aliphatic rings. The molecule has 0 radical (unpaired) electrons. The maximum absolute atomic E-state index is 12.3. The molecule has 0 heterocycles.